The zero-order chi connectivity index (χ0) is 25.3. The second-order valence-electron chi connectivity index (χ2n) is 9.57. The van der Waals surface area contributed by atoms with Gasteiger partial charge in [-0.2, -0.15) is 0 Å². The minimum Gasteiger partial charge on any atom is -0.255 e. The van der Waals surface area contributed by atoms with Crippen LogP contribution in [0.5, 0.6) is 0 Å². The number of nitrogens with zero attached hydrogens (tertiary/aromatic N) is 2. The standard InChI is InChI=1S/C34H36N2/c1-5-25(3)31-15-11-27(12-16-31)7-9-29-19-21-35-33(23-29)34-24-30(20-22-36-34)10-8-28-13-17-32(18-14-28)26(4)6-2/h7-26H,5-6H2,1-4H3. The molecular formula is C34H36N2. The third kappa shape index (κ3) is 6.66. The van der Waals surface area contributed by atoms with E-state index in [1.165, 1.54) is 22.3 Å². The minimum atomic E-state index is 0.596. The Labute approximate surface area is 216 Å². The summed E-state index contributed by atoms with van der Waals surface area (Å²) in [5.41, 5.74) is 9.14. The van der Waals surface area contributed by atoms with Crippen molar-refractivity contribution >= 4 is 24.3 Å². The molecule has 182 valence electrons. The molecule has 0 fully saturated rings. The van der Waals surface area contributed by atoms with Crippen LogP contribution in [0.4, 0.5) is 0 Å². The van der Waals surface area contributed by atoms with Crippen LogP contribution in [-0.2, 0) is 0 Å². The molecule has 0 amide bonds. The summed E-state index contributed by atoms with van der Waals surface area (Å²) in [6, 6.07) is 25.9. The predicted octanol–water partition coefficient (Wildman–Crippen LogP) is 9.51. The fourth-order valence-electron chi connectivity index (χ4n) is 4.11. The van der Waals surface area contributed by atoms with Crippen molar-refractivity contribution in [1.82, 2.24) is 9.97 Å². The summed E-state index contributed by atoms with van der Waals surface area (Å²) < 4.78 is 0. The molecule has 2 atom stereocenters. The Balaban J connectivity index is 1.47. The summed E-state index contributed by atoms with van der Waals surface area (Å²) in [6.07, 6.45) is 14.6. The lowest BCUT2D eigenvalue weighted by molar-refractivity contribution is 0.733. The molecule has 0 saturated heterocycles. The molecule has 2 nitrogen and oxygen atoms in total. The molecule has 2 unspecified atom stereocenters. The van der Waals surface area contributed by atoms with Crippen molar-refractivity contribution in [2.75, 3.05) is 0 Å². The highest BCUT2D eigenvalue weighted by Crippen LogP contribution is 2.22. The van der Waals surface area contributed by atoms with Crippen molar-refractivity contribution in [3.63, 3.8) is 0 Å². The molecule has 4 aromatic rings. The zero-order valence-corrected chi connectivity index (χ0v) is 21.9. The molecule has 0 aliphatic heterocycles. The highest BCUT2D eigenvalue weighted by Gasteiger charge is 2.04. The summed E-state index contributed by atoms with van der Waals surface area (Å²) in [4.78, 5) is 9.16. The number of benzene rings is 2. The maximum Gasteiger partial charge on any atom is 0.0892 e. The Bertz CT molecular complexity index is 1210. The molecule has 0 N–H and O–H groups in total. The average Bonchev–Trinajstić information content (AvgIpc) is 2.95. The van der Waals surface area contributed by atoms with Gasteiger partial charge in [0, 0.05) is 12.4 Å². The highest BCUT2D eigenvalue weighted by molar-refractivity contribution is 5.74. The summed E-state index contributed by atoms with van der Waals surface area (Å²) in [5.74, 6) is 1.19. The van der Waals surface area contributed by atoms with Gasteiger partial charge in [0.05, 0.1) is 11.4 Å². The zero-order valence-electron chi connectivity index (χ0n) is 21.9. The van der Waals surface area contributed by atoms with Gasteiger partial charge in [-0.3, -0.25) is 9.97 Å². The molecular weight excluding hydrogens is 436 g/mol. The Morgan fingerprint density at radius 3 is 1.25 bits per heavy atom. The topological polar surface area (TPSA) is 25.8 Å². The van der Waals surface area contributed by atoms with Gasteiger partial charge < -0.3 is 0 Å². The molecule has 2 aromatic carbocycles. The van der Waals surface area contributed by atoms with E-state index in [4.69, 9.17) is 0 Å². The van der Waals surface area contributed by atoms with Crippen LogP contribution >= 0.6 is 0 Å². The maximum absolute atomic E-state index is 4.58. The summed E-state index contributed by atoms with van der Waals surface area (Å²) in [6.45, 7) is 9.00. The monoisotopic (exact) mass is 472 g/mol. The smallest absolute Gasteiger partial charge is 0.0892 e. The Morgan fingerprint density at radius 1 is 0.528 bits per heavy atom. The largest absolute Gasteiger partial charge is 0.255 e. The van der Waals surface area contributed by atoms with Crippen molar-refractivity contribution in [1.29, 1.82) is 0 Å². The average molecular weight is 473 g/mol. The van der Waals surface area contributed by atoms with Gasteiger partial charge in [-0.25, -0.2) is 0 Å². The normalized spacial score (nSPS) is 13.3. The third-order valence-corrected chi connectivity index (χ3v) is 7.00. The number of hydrogen-bond donors (Lipinski definition) is 0. The number of hydrogen-bond acceptors (Lipinski definition) is 2. The lowest BCUT2D eigenvalue weighted by Gasteiger charge is -2.08. The Kier molecular flexibility index (Phi) is 8.62. The number of aromatic nitrogens is 2. The SMILES string of the molecule is CCC(C)c1ccc(C=Cc2ccnc(-c3cc(C=Cc4ccc(C(C)CC)cc4)ccn3)c2)cc1. The van der Waals surface area contributed by atoms with E-state index in [1.807, 2.05) is 24.5 Å². The lowest BCUT2D eigenvalue weighted by Crippen LogP contribution is -1.90. The summed E-state index contributed by atoms with van der Waals surface area (Å²) >= 11 is 0. The number of rotatable bonds is 9. The predicted molar refractivity (Wildman–Crippen MR) is 156 cm³/mol. The molecule has 0 radical (unpaired) electrons. The van der Waals surface area contributed by atoms with Gasteiger partial charge in [-0.1, -0.05) is 101 Å². The fourth-order valence-corrected chi connectivity index (χ4v) is 4.11. The van der Waals surface area contributed by atoms with Crippen molar-refractivity contribution in [3.05, 3.63) is 119 Å². The van der Waals surface area contributed by atoms with Crippen LogP contribution in [0.3, 0.4) is 0 Å². The van der Waals surface area contributed by atoms with Crippen LogP contribution in [0.15, 0.2) is 85.2 Å². The molecule has 0 aliphatic rings. The second kappa shape index (κ2) is 12.3. The molecule has 4 rings (SSSR count). The number of pyridine rings is 2. The van der Waals surface area contributed by atoms with Crippen molar-refractivity contribution in [3.8, 4) is 11.4 Å². The van der Waals surface area contributed by atoms with Crippen LogP contribution in [-0.4, -0.2) is 9.97 Å². The first-order valence-corrected chi connectivity index (χ1v) is 13.0. The quantitative estimate of drug-likeness (QED) is 0.242. The van der Waals surface area contributed by atoms with Gasteiger partial charge in [0.1, 0.15) is 0 Å². The van der Waals surface area contributed by atoms with Crippen molar-refractivity contribution < 1.29 is 0 Å². The summed E-state index contributed by atoms with van der Waals surface area (Å²) in [5, 5.41) is 0. The highest BCUT2D eigenvalue weighted by atomic mass is 14.8. The van der Waals surface area contributed by atoms with Crippen LogP contribution in [0, 0.1) is 0 Å². The molecule has 2 heteroatoms. The molecule has 0 spiro atoms. The Hall–Kier alpha value is -3.78. The van der Waals surface area contributed by atoms with Gasteiger partial charge in [0.2, 0.25) is 0 Å². The van der Waals surface area contributed by atoms with Gasteiger partial charge in [0.25, 0.3) is 0 Å². The molecule has 0 aliphatic carbocycles. The maximum atomic E-state index is 4.58. The van der Waals surface area contributed by atoms with Crippen LogP contribution in [0.25, 0.3) is 35.7 Å². The van der Waals surface area contributed by atoms with Crippen molar-refractivity contribution in [2.24, 2.45) is 0 Å². The molecule has 0 saturated carbocycles. The molecule has 0 bridgehead atoms. The first-order chi connectivity index (χ1) is 17.6. The van der Waals surface area contributed by atoms with E-state index in [-0.39, 0.29) is 0 Å². The molecule has 2 aromatic heterocycles. The van der Waals surface area contributed by atoms with Crippen LogP contribution in [0.1, 0.15) is 85.8 Å². The van der Waals surface area contributed by atoms with Gasteiger partial charge in [-0.05, 0) is 82.3 Å². The molecule has 36 heavy (non-hydrogen) atoms. The van der Waals surface area contributed by atoms with Crippen LogP contribution < -0.4 is 0 Å². The van der Waals surface area contributed by atoms with E-state index in [1.54, 1.807) is 0 Å². The third-order valence-electron chi connectivity index (χ3n) is 7.00. The summed E-state index contributed by atoms with van der Waals surface area (Å²) in [7, 11) is 0. The first kappa shape index (κ1) is 25.3. The van der Waals surface area contributed by atoms with Gasteiger partial charge in [0.15, 0.2) is 0 Å². The van der Waals surface area contributed by atoms with E-state index in [2.05, 4.69) is 123 Å². The second-order valence-corrected chi connectivity index (χ2v) is 9.57. The van der Waals surface area contributed by atoms with E-state index in [0.29, 0.717) is 11.8 Å². The molecule has 2 heterocycles. The van der Waals surface area contributed by atoms with E-state index in [9.17, 15) is 0 Å². The fraction of sp³-hybridized carbons (Fsp3) is 0.235. The lowest BCUT2D eigenvalue weighted by atomic mass is 9.97. The van der Waals surface area contributed by atoms with E-state index < -0.39 is 0 Å². The first-order valence-electron chi connectivity index (χ1n) is 13.0. The van der Waals surface area contributed by atoms with E-state index in [0.717, 1.165) is 35.4 Å². The van der Waals surface area contributed by atoms with Crippen molar-refractivity contribution in [2.45, 2.75) is 52.4 Å². The Morgan fingerprint density at radius 2 is 0.889 bits per heavy atom. The minimum absolute atomic E-state index is 0.596. The van der Waals surface area contributed by atoms with Gasteiger partial charge >= 0.3 is 0 Å². The van der Waals surface area contributed by atoms with Crippen LogP contribution in [0.2, 0.25) is 0 Å². The van der Waals surface area contributed by atoms with Gasteiger partial charge in [-0.15, -0.1) is 0 Å². The van der Waals surface area contributed by atoms with E-state index >= 15 is 0 Å².